The molecule has 2 N–H and O–H groups in total. The second-order valence-electron chi connectivity index (χ2n) is 8.31. The third-order valence-electron chi connectivity index (χ3n) is 5.33. The Bertz CT molecular complexity index is 1310. The molecule has 0 saturated carbocycles. The highest BCUT2D eigenvalue weighted by atomic mass is 32.2. The number of thioether (sulfide) groups is 1. The van der Waals surface area contributed by atoms with Gasteiger partial charge in [-0.2, -0.15) is 11.8 Å². The highest BCUT2D eigenvalue weighted by molar-refractivity contribution is 7.98. The molecule has 0 atom stereocenters. The minimum absolute atomic E-state index is 0.000991. The zero-order valence-electron chi connectivity index (χ0n) is 21.1. The van der Waals surface area contributed by atoms with Gasteiger partial charge in [-0.05, 0) is 61.0 Å². The molecule has 3 aromatic carbocycles. The number of hydrogen-bond acceptors (Lipinski definition) is 6. The van der Waals surface area contributed by atoms with Crippen LogP contribution in [-0.4, -0.2) is 46.2 Å². The third-order valence-corrected chi connectivity index (χ3v) is 8.15. The first-order chi connectivity index (χ1) is 17.7. The SMILES string of the molecule is COc1ccc(N(CC(=O)NCCSCc2cccc(C)c2)S(=O)(=O)c2ccc(NC(C)=O)cc2)cc1. The summed E-state index contributed by atoms with van der Waals surface area (Å²) in [6.07, 6.45) is 0. The van der Waals surface area contributed by atoms with Gasteiger partial charge in [-0.15, -0.1) is 0 Å². The van der Waals surface area contributed by atoms with Crippen molar-refractivity contribution in [2.75, 3.05) is 35.6 Å². The largest absolute Gasteiger partial charge is 0.497 e. The first kappa shape index (κ1) is 28.1. The summed E-state index contributed by atoms with van der Waals surface area (Å²) < 4.78 is 33.3. The van der Waals surface area contributed by atoms with Gasteiger partial charge in [-0.3, -0.25) is 13.9 Å². The fraction of sp³-hybridized carbons (Fsp3) is 0.259. The fourth-order valence-electron chi connectivity index (χ4n) is 3.55. The van der Waals surface area contributed by atoms with Crippen LogP contribution in [0, 0.1) is 6.92 Å². The predicted octanol–water partition coefficient (Wildman–Crippen LogP) is 4.21. The van der Waals surface area contributed by atoms with Gasteiger partial charge in [0.25, 0.3) is 10.0 Å². The van der Waals surface area contributed by atoms with Gasteiger partial charge >= 0.3 is 0 Å². The first-order valence-corrected chi connectivity index (χ1v) is 14.2. The zero-order valence-corrected chi connectivity index (χ0v) is 22.7. The van der Waals surface area contributed by atoms with E-state index >= 15 is 0 Å². The van der Waals surface area contributed by atoms with Gasteiger partial charge in [0.15, 0.2) is 0 Å². The summed E-state index contributed by atoms with van der Waals surface area (Å²) in [4.78, 5) is 24.1. The average molecular weight is 542 g/mol. The first-order valence-electron chi connectivity index (χ1n) is 11.6. The zero-order chi connectivity index (χ0) is 26.8. The number of rotatable bonds is 12. The topological polar surface area (TPSA) is 105 Å². The fourth-order valence-corrected chi connectivity index (χ4v) is 5.77. The van der Waals surface area contributed by atoms with Crippen molar-refractivity contribution >= 4 is 45.0 Å². The Hall–Kier alpha value is -3.50. The Balaban J connectivity index is 1.68. The summed E-state index contributed by atoms with van der Waals surface area (Å²) in [6, 6.07) is 20.5. The van der Waals surface area contributed by atoms with Crippen LogP contribution in [0.5, 0.6) is 5.75 Å². The van der Waals surface area contributed by atoms with Crippen molar-refractivity contribution in [3.63, 3.8) is 0 Å². The molecule has 0 spiro atoms. The van der Waals surface area contributed by atoms with Crippen molar-refractivity contribution in [3.8, 4) is 5.75 Å². The van der Waals surface area contributed by atoms with E-state index in [4.69, 9.17) is 4.74 Å². The molecule has 3 aromatic rings. The van der Waals surface area contributed by atoms with Gasteiger partial charge in [0.05, 0.1) is 17.7 Å². The number of nitrogens with one attached hydrogen (secondary N) is 2. The molecular weight excluding hydrogens is 510 g/mol. The molecular formula is C27H31N3O5S2. The number of anilines is 2. The Morgan fingerprint density at radius 1 is 1.00 bits per heavy atom. The molecule has 0 saturated heterocycles. The molecule has 0 unspecified atom stereocenters. The molecule has 0 aliphatic carbocycles. The Kier molecular flexibility index (Phi) is 9.99. The quantitative estimate of drug-likeness (QED) is 0.333. The number of nitrogens with zero attached hydrogens (tertiary/aromatic N) is 1. The number of methoxy groups -OCH3 is 1. The number of ether oxygens (including phenoxy) is 1. The van der Waals surface area contributed by atoms with E-state index in [2.05, 4.69) is 22.8 Å². The van der Waals surface area contributed by atoms with Crippen LogP contribution in [0.15, 0.2) is 77.7 Å². The van der Waals surface area contributed by atoms with E-state index in [9.17, 15) is 18.0 Å². The maximum absolute atomic E-state index is 13.5. The monoisotopic (exact) mass is 541 g/mol. The molecule has 0 bridgehead atoms. The lowest BCUT2D eigenvalue weighted by Crippen LogP contribution is -2.41. The summed E-state index contributed by atoms with van der Waals surface area (Å²) in [5.74, 6) is 1.42. The van der Waals surface area contributed by atoms with Crippen LogP contribution in [0.1, 0.15) is 18.1 Å². The molecule has 0 radical (unpaired) electrons. The molecule has 0 heterocycles. The predicted molar refractivity (Wildman–Crippen MR) is 149 cm³/mol. The van der Waals surface area contributed by atoms with Gasteiger partial charge in [-0.25, -0.2) is 8.42 Å². The Labute approximate surface area is 222 Å². The van der Waals surface area contributed by atoms with Crippen molar-refractivity contribution in [1.82, 2.24) is 5.32 Å². The number of carbonyl (C=O) groups is 2. The Morgan fingerprint density at radius 3 is 2.32 bits per heavy atom. The number of sulfonamides is 1. The van der Waals surface area contributed by atoms with E-state index in [0.717, 1.165) is 10.1 Å². The summed E-state index contributed by atoms with van der Waals surface area (Å²) in [7, 11) is -2.56. The molecule has 3 rings (SSSR count). The molecule has 10 heteroatoms. The number of benzene rings is 3. The minimum Gasteiger partial charge on any atom is -0.497 e. The second kappa shape index (κ2) is 13.2. The maximum atomic E-state index is 13.5. The van der Waals surface area contributed by atoms with E-state index in [1.54, 1.807) is 36.0 Å². The van der Waals surface area contributed by atoms with Gasteiger partial charge in [0, 0.05) is 30.7 Å². The van der Waals surface area contributed by atoms with Gasteiger partial charge < -0.3 is 15.4 Å². The average Bonchev–Trinajstić information content (AvgIpc) is 2.87. The number of aryl methyl sites for hydroxylation is 1. The smallest absolute Gasteiger partial charge is 0.264 e. The summed E-state index contributed by atoms with van der Waals surface area (Å²) in [5.41, 5.74) is 3.23. The molecule has 196 valence electrons. The molecule has 0 aromatic heterocycles. The lowest BCUT2D eigenvalue weighted by molar-refractivity contribution is -0.119. The van der Waals surface area contributed by atoms with E-state index < -0.39 is 15.9 Å². The van der Waals surface area contributed by atoms with E-state index in [-0.39, 0.29) is 17.3 Å². The normalized spacial score (nSPS) is 11.0. The lowest BCUT2D eigenvalue weighted by Gasteiger charge is -2.24. The van der Waals surface area contributed by atoms with Crippen molar-refractivity contribution in [2.24, 2.45) is 0 Å². The molecule has 0 aliphatic rings. The second-order valence-corrected chi connectivity index (χ2v) is 11.3. The number of carbonyl (C=O) groups excluding carboxylic acids is 2. The van der Waals surface area contributed by atoms with Gasteiger partial charge in [0.2, 0.25) is 11.8 Å². The van der Waals surface area contributed by atoms with Crippen LogP contribution in [0.2, 0.25) is 0 Å². The van der Waals surface area contributed by atoms with Crippen molar-refractivity contribution < 1.29 is 22.7 Å². The van der Waals surface area contributed by atoms with Gasteiger partial charge in [-0.1, -0.05) is 29.8 Å². The summed E-state index contributed by atoms with van der Waals surface area (Å²) in [6.45, 7) is 3.45. The summed E-state index contributed by atoms with van der Waals surface area (Å²) >= 11 is 1.69. The van der Waals surface area contributed by atoms with E-state index in [0.29, 0.717) is 29.4 Å². The highest BCUT2D eigenvalue weighted by Gasteiger charge is 2.27. The molecule has 37 heavy (non-hydrogen) atoms. The van der Waals surface area contributed by atoms with Crippen molar-refractivity contribution in [2.45, 2.75) is 24.5 Å². The highest BCUT2D eigenvalue weighted by Crippen LogP contribution is 2.26. The van der Waals surface area contributed by atoms with Crippen LogP contribution in [0.25, 0.3) is 0 Å². The minimum atomic E-state index is -4.08. The van der Waals surface area contributed by atoms with Crippen LogP contribution in [-0.2, 0) is 25.4 Å². The van der Waals surface area contributed by atoms with E-state index in [1.165, 1.54) is 49.4 Å². The third kappa shape index (κ3) is 8.26. The van der Waals surface area contributed by atoms with Crippen LogP contribution < -0.4 is 19.7 Å². The summed E-state index contributed by atoms with van der Waals surface area (Å²) in [5, 5.41) is 5.43. The number of hydrogen-bond donors (Lipinski definition) is 2. The van der Waals surface area contributed by atoms with Crippen molar-refractivity contribution in [1.29, 1.82) is 0 Å². The van der Waals surface area contributed by atoms with E-state index in [1.807, 2.05) is 19.1 Å². The van der Waals surface area contributed by atoms with Gasteiger partial charge in [0.1, 0.15) is 12.3 Å². The molecule has 0 aliphatic heterocycles. The van der Waals surface area contributed by atoms with Crippen LogP contribution >= 0.6 is 11.8 Å². The van der Waals surface area contributed by atoms with Crippen molar-refractivity contribution in [3.05, 3.63) is 83.9 Å². The molecule has 8 nitrogen and oxygen atoms in total. The van der Waals surface area contributed by atoms with Crippen LogP contribution in [0.3, 0.4) is 0 Å². The maximum Gasteiger partial charge on any atom is 0.264 e. The Morgan fingerprint density at radius 2 is 1.70 bits per heavy atom. The van der Waals surface area contributed by atoms with Crippen LogP contribution in [0.4, 0.5) is 11.4 Å². The molecule has 0 fully saturated rings. The standard InChI is InChI=1S/C27H31N3O5S2/c1-20-5-4-6-22(17-20)19-36-16-15-28-27(32)18-30(24-9-11-25(35-3)12-10-24)37(33,34)26-13-7-23(8-14-26)29-21(2)31/h4-14,17H,15-16,18-19H2,1-3H3,(H,28,32)(H,29,31). The molecule has 2 amide bonds. The number of amides is 2. The lowest BCUT2D eigenvalue weighted by atomic mass is 10.2.